The van der Waals surface area contributed by atoms with E-state index in [2.05, 4.69) is 5.32 Å². The third-order valence-electron chi connectivity index (χ3n) is 4.92. The van der Waals surface area contributed by atoms with Gasteiger partial charge in [-0.1, -0.05) is 24.1 Å². The molecule has 2 aromatic rings. The summed E-state index contributed by atoms with van der Waals surface area (Å²) in [5.74, 6) is 0.785. The van der Waals surface area contributed by atoms with Crippen LogP contribution in [0.2, 0.25) is 5.02 Å². The van der Waals surface area contributed by atoms with Crippen LogP contribution in [0.25, 0.3) is 0 Å². The minimum atomic E-state index is -3.45. The third-order valence-corrected chi connectivity index (χ3v) is 7.07. The van der Waals surface area contributed by atoms with Gasteiger partial charge in [-0.25, -0.2) is 8.42 Å². The number of benzene rings is 2. The second-order valence-electron chi connectivity index (χ2n) is 7.29. The van der Waals surface area contributed by atoms with Gasteiger partial charge in [0.05, 0.1) is 11.4 Å². The highest BCUT2D eigenvalue weighted by atomic mass is 35.5. The molecule has 0 aliphatic carbocycles. The lowest BCUT2D eigenvalue weighted by Crippen LogP contribution is -2.38. The minimum absolute atomic E-state index is 0.244. The van der Waals surface area contributed by atoms with E-state index < -0.39 is 16.1 Å². The first-order valence-electron chi connectivity index (χ1n) is 10.3. The first kappa shape index (κ1) is 23.4. The van der Waals surface area contributed by atoms with Crippen molar-refractivity contribution in [2.75, 3.05) is 26.2 Å². The van der Waals surface area contributed by atoms with Crippen LogP contribution >= 0.6 is 11.6 Å². The Labute approximate surface area is 188 Å². The van der Waals surface area contributed by atoms with Crippen molar-refractivity contribution in [2.45, 2.75) is 37.2 Å². The van der Waals surface area contributed by atoms with Crippen LogP contribution in [0.15, 0.2) is 53.4 Å². The Morgan fingerprint density at radius 1 is 1.10 bits per heavy atom. The molecule has 9 heteroatoms. The number of carbonyl (C=O) groups excluding carboxylic acids is 1. The topological polar surface area (TPSA) is 84.9 Å². The van der Waals surface area contributed by atoms with Gasteiger partial charge >= 0.3 is 0 Å². The average molecular weight is 467 g/mol. The van der Waals surface area contributed by atoms with E-state index in [0.29, 0.717) is 29.6 Å². The number of ether oxygens (including phenoxy) is 2. The number of nitrogens with zero attached hydrogens (tertiary/aromatic N) is 1. The first-order valence-corrected chi connectivity index (χ1v) is 12.1. The molecular weight excluding hydrogens is 440 g/mol. The number of piperidine rings is 1. The smallest absolute Gasteiger partial charge is 0.260 e. The van der Waals surface area contributed by atoms with E-state index >= 15 is 0 Å². The van der Waals surface area contributed by atoms with E-state index in [1.54, 1.807) is 55.5 Å². The van der Waals surface area contributed by atoms with Crippen LogP contribution in [0.1, 0.15) is 26.2 Å². The van der Waals surface area contributed by atoms with Crippen LogP contribution < -0.4 is 14.8 Å². The Balaban J connectivity index is 1.42. The molecule has 0 aromatic heterocycles. The molecule has 1 atom stereocenters. The summed E-state index contributed by atoms with van der Waals surface area (Å²) >= 11 is 5.91. The first-order chi connectivity index (χ1) is 14.9. The Bertz CT molecular complexity index is 976. The van der Waals surface area contributed by atoms with E-state index in [1.807, 2.05) is 0 Å². The fraction of sp³-hybridized carbons (Fsp3) is 0.409. The molecule has 7 nitrogen and oxygen atoms in total. The summed E-state index contributed by atoms with van der Waals surface area (Å²) in [6, 6.07) is 13.2. The van der Waals surface area contributed by atoms with Gasteiger partial charge in [0.1, 0.15) is 18.1 Å². The number of hydrogen-bond acceptors (Lipinski definition) is 5. The zero-order valence-electron chi connectivity index (χ0n) is 17.4. The normalized spacial score (nSPS) is 15.8. The Morgan fingerprint density at radius 2 is 1.81 bits per heavy atom. The van der Waals surface area contributed by atoms with Crippen molar-refractivity contribution in [3.63, 3.8) is 0 Å². The lowest BCUT2D eigenvalue weighted by atomic mass is 10.2. The SMILES string of the molecule is C[C@@H](Oc1cccc(Cl)c1)C(=O)NCCOc1ccc(S(=O)(=O)N2CCCCC2)cc1. The van der Waals surface area contributed by atoms with E-state index in [0.717, 1.165) is 19.3 Å². The quantitative estimate of drug-likeness (QED) is 0.572. The van der Waals surface area contributed by atoms with Crippen molar-refractivity contribution in [1.82, 2.24) is 9.62 Å². The van der Waals surface area contributed by atoms with Crippen LogP contribution in [0.5, 0.6) is 11.5 Å². The largest absolute Gasteiger partial charge is 0.492 e. The molecule has 1 fully saturated rings. The van der Waals surface area contributed by atoms with Gasteiger partial charge in [0, 0.05) is 18.1 Å². The van der Waals surface area contributed by atoms with Gasteiger partial charge in [0.2, 0.25) is 10.0 Å². The van der Waals surface area contributed by atoms with Gasteiger partial charge in [-0.2, -0.15) is 4.31 Å². The molecular formula is C22H27ClN2O5S. The molecule has 2 aromatic carbocycles. The van der Waals surface area contributed by atoms with E-state index in [1.165, 1.54) is 4.31 Å². The van der Waals surface area contributed by atoms with Crippen LogP contribution in [0.4, 0.5) is 0 Å². The summed E-state index contributed by atoms with van der Waals surface area (Å²) in [7, 11) is -3.45. The summed E-state index contributed by atoms with van der Waals surface area (Å²) in [5, 5.41) is 3.28. The molecule has 1 saturated heterocycles. The molecule has 31 heavy (non-hydrogen) atoms. The maximum atomic E-state index is 12.7. The number of carbonyl (C=O) groups is 1. The Morgan fingerprint density at radius 3 is 2.48 bits per heavy atom. The molecule has 1 amide bonds. The van der Waals surface area contributed by atoms with Crippen LogP contribution in [-0.2, 0) is 14.8 Å². The number of hydrogen-bond donors (Lipinski definition) is 1. The van der Waals surface area contributed by atoms with Crippen molar-refractivity contribution < 1.29 is 22.7 Å². The maximum absolute atomic E-state index is 12.7. The molecule has 168 valence electrons. The third kappa shape index (κ3) is 6.59. The number of nitrogens with one attached hydrogen (secondary N) is 1. The van der Waals surface area contributed by atoms with Crippen LogP contribution in [0, 0.1) is 0 Å². The van der Waals surface area contributed by atoms with Gasteiger partial charge in [0.25, 0.3) is 5.91 Å². The molecule has 1 heterocycles. The van der Waals surface area contributed by atoms with Crippen LogP contribution in [0.3, 0.4) is 0 Å². The predicted molar refractivity (Wildman–Crippen MR) is 119 cm³/mol. The van der Waals surface area contributed by atoms with Crippen molar-refractivity contribution >= 4 is 27.5 Å². The van der Waals surface area contributed by atoms with Crippen molar-refractivity contribution in [3.05, 3.63) is 53.6 Å². The van der Waals surface area contributed by atoms with Gasteiger partial charge < -0.3 is 14.8 Å². The predicted octanol–water partition coefficient (Wildman–Crippen LogP) is 3.48. The van der Waals surface area contributed by atoms with Gasteiger partial charge in [-0.15, -0.1) is 0 Å². The zero-order chi connectivity index (χ0) is 22.3. The highest BCUT2D eigenvalue weighted by Gasteiger charge is 2.25. The number of sulfonamides is 1. The molecule has 0 saturated carbocycles. The number of rotatable bonds is 9. The molecule has 0 radical (unpaired) electrons. The summed E-state index contributed by atoms with van der Waals surface area (Å²) in [6.07, 6.45) is 2.18. The molecule has 3 rings (SSSR count). The van der Waals surface area contributed by atoms with E-state index in [4.69, 9.17) is 21.1 Å². The lowest BCUT2D eigenvalue weighted by molar-refractivity contribution is -0.127. The maximum Gasteiger partial charge on any atom is 0.260 e. The summed E-state index contributed by atoms with van der Waals surface area (Å²) in [5.41, 5.74) is 0. The minimum Gasteiger partial charge on any atom is -0.492 e. The van der Waals surface area contributed by atoms with Gasteiger partial charge in [-0.05, 0) is 62.2 Å². The highest BCUT2D eigenvalue weighted by Crippen LogP contribution is 2.22. The Hall–Kier alpha value is -2.29. The van der Waals surface area contributed by atoms with Crippen molar-refractivity contribution in [1.29, 1.82) is 0 Å². The van der Waals surface area contributed by atoms with E-state index in [-0.39, 0.29) is 24.0 Å². The fourth-order valence-corrected chi connectivity index (χ4v) is 4.94. The lowest BCUT2D eigenvalue weighted by Gasteiger charge is -2.25. The number of halogens is 1. The molecule has 1 N–H and O–H groups in total. The zero-order valence-corrected chi connectivity index (χ0v) is 19.0. The number of amides is 1. The summed E-state index contributed by atoms with van der Waals surface area (Å²) in [6.45, 7) is 3.32. The molecule has 0 spiro atoms. The average Bonchev–Trinajstić information content (AvgIpc) is 2.77. The second-order valence-corrected chi connectivity index (χ2v) is 9.67. The Kier molecular flexibility index (Phi) is 8.17. The molecule has 0 bridgehead atoms. The standard InChI is InChI=1S/C22H27ClN2O5S/c1-17(30-20-7-5-6-18(23)16-20)22(26)24-12-15-29-19-8-10-21(11-9-19)31(27,28)25-13-3-2-4-14-25/h5-11,16-17H,2-4,12-15H2,1H3,(H,24,26)/t17-/m1/s1. The van der Waals surface area contributed by atoms with E-state index in [9.17, 15) is 13.2 Å². The molecule has 1 aliphatic rings. The van der Waals surface area contributed by atoms with Crippen molar-refractivity contribution in [3.8, 4) is 11.5 Å². The van der Waals surface area contributed by atoms with Crippen molar-refractivity contribution in [2.24, 2.45) is 0 Å². The van der Waals surface area contributed by atoms with Gasteiger partial charge in [-0.3, -0.25) is 4.79 Å². The molecule has 1 aliphatic heterocycles. The van der Waals surface area contributed by atoms with Gasteiger partial charge in [0.15, 0.2) is 6.10 Å². The van der Waals surface area contributed by atoms with Crippen LogP contribution in [-0.4, -0.2) is 51.0 Å². The summed E-state index contributed by atoms with van der Waals surface area (Å²) in [4.78, 5) is 12.4. The monoisotopic (exact) mass is 466 g/mol. The fourth-order valence-electron chi connectivity index (χ4n) is 3.25. The summed E-state index contributed by atoms with van der Waals surface area (Å²) < 4.78 is 38.0. The highest BCUT2D eigenvalue weighted by molar-refractivity contribution is 7.89. The molecule has 0 unspecified atom stereocenters. The second kappa shape index (κ2) is 10.8.